The molecule has 0 spiro atoms. The molecule has 0 saturated carbocycles. The van der Waals surface area contributed by atoms with Gasteiger partial charge in [0, 0.05) is 6.42 Å². The molecule has 0 bridgehead atoms. The van der Waals surface area contributed by atoms with Crippen molar-refractivity contribution in [2.24, 2.45) is 0 Å². The van der Waals surface area contributed by atoms with E-state index in [1.165, 1.54) is 0 Å². The molecule has 0 aromatic heterocycles. The summed E-state index contributed by atoms with van der Waals surface area (Å²) < 4.78 is 0. The van der Waals surface area contributed by atoms with Gasteiger partial charge in [-0.3, -0.25) is 0 Å². The van der Waals surface area contributed by atoms with Crippen molar-refractivity contribution in [1.82, 2.24) is 0 Å². The maximum atomic E-state index is 10.00. The van der Waals surface area contributed by atoms with E-state index < -0.39 is 12.1 Å². The van der Waals surface area contributed by atoms with E-state index in [0.717, 1.165) is 0 Å². The van der Waals surface area contributed by atoms with Crippen LogP contribution in [0.5, 0.6) is 0 Å². The van der Waals surface area contributed by atoms with Crippen molar-refractivity contribution in [3.05, 3.63) is 0 Å². The summed E-state index contributed by atoms with van der Waals surface area (Å²) in [4.78, 5) is 18.6. The molecule has 0 aliphatic carbocycles. The van der Waals surface area contributed by atoms with Crippen LogP contribution in [0.4, 0.5) is 0 Å². The van der Waals surface area contributed by atoms with Crippen LogP contribution < -0.4 is 0 Å². The van der Waals surface area contributed by atoms with Crippen LogP contribution in [0.3, 0.4) is 0 Å². The Morgan fingerprint density at radius 3 is 2.56 bits per heavy atom. The number of carbonyl (C=O) groups is 1. The van der Waals surface area contributed by atoms with E-state index in [-0.39, 0.29) is 51.4 Å². The molecule has 5 heteroatoms. The molecule has 1 heterocycles. The van der Waals surface area contributed by atoms with E-state index in [4.69, 9.17) is 5.11 Å². The van der Waals surface area contributed by atoms with Gasteiger partial charge < -0.3 is 5.11 Å². The molecule has 0 radical (unpaired) electrons. The first kappa shape index (κ1) is 10.0. The minimum atomic E-state index is -0.956. The number of aliphatic carboxylic acids is 1. The van der Waals surface area contributed by atoms with Crippen molar-refractivity contribution in [2.75, 3.05) is 6.61 Å². The SMILES string of the molecule is O=C(O)C1CCOO1.[KH]. The van der Waals surface area contributed by atoms with Gasteiger partial charge in [0.2, 0.25) is 0 Å². The molecule has 1 rings (SSSR count). The van der Waals surface area contributed by atoms with E-state index >= 15 is 0 Å². The topological polar surface area (TPSA) is 55.8 Å². The number of hydrogen-bond donors (Lipinski definition) is 1. The normalized spacial score (nSPS) is 25.1. The van der Waals surface area contributed by atoms with Gasteiger partial charge in [0.25, 0.3) is 0 Å². The standard InChI is InChI=1S/C4H6O4.K.H/c5-4(6)3-1-2-7-8-3;;/h3H,1-2H2,(H,5,6);;. The Morgan fingerprint density at radius 2 is 2.33 bits per heavy atom. The molecular formula is C4H7KO4. The second-order valence-electron chi connectivity index (χ2n) is 1.53. The maximum absolute atomic E-state index is 10.00. The molecule has 1 unspecified atom stereocenters. The Kier molecular flexibility index (Phi) is 5.33. The third kappa shape index (κ3) is 3.08. The molecule has 9 heavy (non-hydrogen) atoms. The van der Waals surface area contributed by atoms with E-state index in [1.54, 1.807) is 0 Å². The number of carboxylic acids is 1. The fraction of sp³-hybridized carbons (Fsp3) is 0.750. The Bertz CT molecular complexity index is 98.7. The van der Waals surface area contributed by atoms with Crippen molar-refractivity contribution in [1.29, 1.82) is 0 Å². The Labute approximate surface area is 94.9 Å². The second-order valence-corrected chi connectivity index (χ2v) is 1.53. The van der Waals surface area contributed by atoms with Crippen LogP contribution in [0, 0.1) is 0 Å². The first-order chi connectivity index (χ1) is 3.80. The molecular weight excluding hydrogens is 151 g/mol. The average Bonchev–Trinajstić information content (AvgIpc) is 2.12. The predicted octanol–water partition coefficient (Wildman–Crippen LogP) is -0.857. The van der Waals surface area contributed by atoms with Crippen LogP contribution in [-0.4, -0.2) is 75.2 Å². The molecule has 1 N–H and O–H groups in total. The van der Waals surface area contributed by atoms with Crippen LogP contribution in [0.25, 0.3) is 0 Å². The van der Waals surface area contributed by atoms with Crippen molar-refractivity contribution < 1.29 is 19.7 Å². The van der Waals surface area contributed by atoms with E-state index in [2.05, 4.69) is 9.78 Å². The van der Waals surface area contributed by atoms with Gasteiger partial charge in [0.1, 0.15) is 0 Å². The summed E-state index contributed by atoms with van der Waals surface area (Å²) in [6.07, 6.45) is -0.287. The zero-order valence-electron chi connectivity index (χ0n) is 4.16. The summed E-state index contributed by atoms with van der Waals surface area (Å²) in [5, 5.41) is 8.21. The van der Waals surface area contributed by atoms with Gasteiger partial charge in [-0.15, -0.1) is 0 Å². The van der Waals surface area contributed by atoms with E-state index in [9.17, 15) is 4.79 Å². The summed E-state index contributed by atoms with van der Waals surface area (Å²) in [5.41, 5.74) is 0. The second kappa shape index (κ2) is 4.78. The van der Waals surface area contributed by atoms with Crippen LogP contribution >= 0.6 is 0 Å². The molecule has 1 aliphatic heterocycles. The molecule has 1 saturated heterocycles. The van der Waals surface area contributed by atoms with Crippen LogP contribution in [0.15, 0.2) is 0 Å². The van der Waals surface area contributed by atoms with Gasteiger partial charge in [-0.25, -0.2) is 14.6 Å². The zero-order chi connectivity index (χ0) is 5.98. The summed E-state index contributed by atoms with van der Waals surface area (Å²) in [7, 11) is 0. The third-order valence-electron chi connectivity index (χ3n) is 0.923. The fourth-order valence-electron chi connectivity index (χ4n) is 0.498. The van der Waals surface area contributed by atoms with Crippen molar-refractivity contribution in [3.63, 3.8) is 0 Å². The van der Waals surface area contributed by atoms with E-state index in [1.807, 2.05) is 0 Å². The van der Waals surface area contributed by atoms with Crippen molar-refractivity contribution in [3.8, 4) is 0 Å². The molecule has 0 aromatic rings. The quantitative estimate of drug-likeness (QED) is 0.398. The number of carboxylic acid groups (broad SMARTS) is 1. The van der Waals surface area contributed by atoms with Gasteiger partial charge in [0.05, 0.1) is 6.61 Å². The fourth-order valence-corrected chi connectivity index (χ4v) is 0.498. The number of rotatable bonds is 1. The van der Waals surface area contributed by atoms with Gasteiger partial charge in [-0.05, 0) is 0 Å². The molecule has 1 atom stereocenters. The van der Waals surface area contributed by atoms with Crippen LogP contribution in [-0.2, 0) is 14.6 Å². The first-order valence-electron chi connectivity index (χ1n) is 2.32. The Hall–Kier alpha value is 1.03. The summed E-state index contributed by atoms with van der Waals surface area (Å²) in [6.45, 7) is 0.386. The van der Waals surface area contributed by atoms with Gasteiger partial charge in [-0.1, -0.05) is 0 Å². The molecule has 4 nitrogen and oxygen atoms in total. The third-order valence-corrected chi connectivity index (χ3v) is 0.923. The first-order valence-corrected chi connectivity index (χ1v) is 2.32. The van der Waals surface area contributed by atoms with E-state index in [0.29, 0.717) is 13.0 Å². The van der Waals surface area contributed by atoms with Gasteiger partial charge in [-0.2, -0.15) is 0 Å². The zero-order valence-corrected chi connectivity index (χ0v) is 4.16. The summed E-state index contributed by atoms with van der Waals surface area (Å²) in [5.74, 6) is -0.956. The van der Waals surface area contributed by atoms with Crippen LogP contribution in [0.2, 0.25) is 0 Å². The van der Waals surface area contributed by atoms with Gasteiger partial charge >= 0.3 is 57.4 Å². The summed E-state index contributed by atoms with van der Waals surface area (Å²) in [6, 6.07) is 0. The Morgan fingerprint density at radius 1 is 1.67 bits per heavy atom. The number of hydrogen-bond acceptors (Lipinski definition) is 3. The molecule has 0 aromatic carbocycles. The molecule has 1 fully saturated rings. The van der Waals surface area contributed by atoms with Crippen molar-refractivity contribution in [2.45, 2.75) is 12.5 Å². The van der Waals surface area contributed by atoms with Gasteiger partial charge in [0.15, 0.2) is 6.10 Å². The van der Waals surface area contributed by atoms with Crippen LogP contribution in [0.1, 0.15) is 6.42 Å². The van der Waals surface area contributed by atoms with Crippen molar-refractivity contribution >= 4 is 57.4 Å². The monoisotopic (exact) mass is 158 g/mol. The minimum absolute atomic E-state index is 0. The Balaban J connectivity index is 0.000000640. The predicted molar refractivity (Wildman–Crippen MR) is 30.2 cm³/mol. The molecule has 0 amide bonds. The molecule has 48 valence electrons. The average molecular weight is 158 g/mol. The molecule has 1 aliphatic rings. The summed E-state index contributed by atoms with van der Waals surface area (Å²) >= 11 is 0.